The number of carbonyl (C=O) groups excluding carboxylic acids is 2. The normalized spacial score (nSPS) is 11.2. The summed E-state index contributed by atoms with van der Waals surface area (Å²) in [5.41, 5.74) is 0. The van der Waals surface area contributed by atoms with E-state index >= 15 is 0 Å². The Morgan fingerprint density at radius 1 is 0.487 bits per heavy atom. The lowest BCUT2D eigenvalue weighted by Crippen LogP contribution is -2.16. The Hall–Kier alpha value is -2.27. The van der Waals surface area contributed by atoms with Gasteiger partial charge in [-0.3, -0.25) is 4.79 Å². The van der Waals surface area contributed by atoms with E-state index in [1.165, 1.54) is 0 Å². The highest BCUT2D eigenvalue weighted by molar-refractivity contribution is 5.72. The number of halogens is 5. The fourth-order valence-corrected chi connectivity index (χ4v) is 2.55. The van der Waals surface area contributed by atoms with Crippen molar-refractivity contribution >= 4 is 12.3 Å². The van der Waals surface area contributed by atoms with Crippen LogP contribution in [0.3, 0.4) is 0 Å². The van der Waals surface area contributed by atoms with Gasteiger partial charge in [0.05, 0.1) is 98.9 Å². The van der Waals surface area contributed by atoms with Gasteiger partial charge < -0.3 is 42.7 Å². The van der Waals surface area contributed by atoms with Crippen molar-refractivity contribution in [1.82, 2.24) is 0 Å². The predicted octanol–water partition coefficient (Wildman–Crippen LogP) is 2.38. The number of ether oxygens (including phenoxy) is 8. The number of benzene rings is 1. The zero-order chi connectivity index (χ0) is 28.7. The Balaban J connectivity index is 1.86. The van der Waals surface area contributed by atoms with Gasteiger partial charge in [-0.2, -0.15) is 8.78 Å². The van der Waals surface area contributed by atoms with Gasteiger partial charge in [0.1, 0.15) is 6.29 Å². The summed E-state index contributed by atoms with van der Waals surface area (Å²) in [7, 11) is 0. The summed E-state index contributed by atoms with van der Waals surface area (Å²) >= 11 is 0. The van der Waals surface area contributed by atoms with Gasteiger partial charge >= 0.3 is 5.97 Å². The molecule has 39 heavy (non-hydrogen) atoms. The molecule has 0 aliphatic heterocycles. The molecule has 0 aliphatic rings. The van der Waals surface area contributed by atoms with Crippen LogP contribution >= 0.6 is 0 Å². The Morgan fingerprint density at radius 2 is 0.795 bits per heavy atom. The van der Waals surface area contributed by atoms with Crippen LogP contribution in [0.25, 0.3) is 0 Å². The second kappa shape index (κ2) is 22.5. The number of aldehydes is 1. The molecule has 0 unspecified atom stereocenters. The molecule has 0 saturated carbocycles. The SMILES string of the molecule is O=CCCOCCOCCOCCOCCOCCOCCOCCC(=O)Oc1c(F)c(F)c(F)c(F)c1F. The van der Waals surface area contributed by atoms with Crippen molar-refractivity contribution in [2.24, 2.45) is 0 Å². The van der Waals surface area contributed by atoms with Crippen LogP contribution in [0.1, 0.15) is 12.8 Å². The summed E-state index contributed by atoms with van der Waals surface area (Å²) in [4.78, 5) is 21.7. The summed E-state index contributed by atoms with van der Waals surface area (Å²) in [5, 5.41) is 0. The second-order valence-electron chi connectivity index (χ2n) is 7.37. The topological polar surface area (TPSA) is 108 Å². The largest absolute Gasteiger partial charge is 0.420 e. The predicted molar refractivity (Wildman–Crippen MR) is 123 cm³/mol. The molecule has 0 atom stereocenters. The summed E-state index contributed by atoms with van der Waals surface area (Å²) in [6.45, 7) is 4.29. The molecule has 0 amide bonds. The summed E-state index contributed by atoms with van der Waals surface area (Å²) < 4.78 is 107. The van der Waals surface area contributed by atoms with Gasteiger partial charge in [0.15, 0.2) is 0 Å². The molecule has 15 heteroatoms. The summed E-state index contributed by atoms with van der Waals surface area (Å²) in [5.74, 6) is -14.1. The van der Waals surface area contributed by atoms with E-state index in [0.717, 1.165) is 6.29 Å². The molecule has 0 saturated heterocycles. The Bertz CT molecular complexity index is 802. The number of esters is 1. The van der Waals surface area contributed by atoms with E-state index < -0.39 is 47.2 Å². The van der Waals surface area contributed by atoms with Crippen LogP contribution in [0.4, 0.5) is 22.0 Å². The van der Waals surface area contributed by atoms with Crippen LogP contribution < -0.4 is 4.74 Å². The van der Waals surface area contributed by atoms with Crippen molar-refractivity contribution in [3.8, 4) is 5.75 Å². The fraction of sp³-hybridized carbons (Fsp3) is 0.667. The molecular formula is C24H33F5O10. The number of hydrogen-bond donors (Lipinski definition) is 0. The minimum atomic E-state index is -2.35. The zero-order valence-corrected chi connectivity index (χ0v) is 21.4. The van der Waals surface area contributed by atoms with Crippen LogP contribution in [0.5, 0.6) is 5.75 Å². The first-order valence-corrected chi connectivity index (χ1v) is 12.1. The third-order valence-electron chi connectivity index (χ3n) is 4.45. The highest BCUT2D eigenvalue weighted by Gasteiger charge is 2.28. The van der Waals surface area contributed by atoms with Gasteiger partial charge in [-0.25, -0.2) is 13.2 Å². The molecule has 1 rings (SSSR count). The van der Waals surface area contributed by atoms with Crippen molar-refractivity contribution in [1.29, 1.82) is 0 Å². The van der Waals surface area contributed by atoms with Crippen LogP contribution in [-0.4, -0.2) is 105 Å². The molecule has 0 N–H and O–H groups in total. The van der Waals surface area contributed by atoms with Crippen molar-refractivity contribution < 1.29 is 69.4 Å². The maximum atomic E-state index is 13.5. The third kappa shape index (κ3) is 15.8. The highest BCUT2D eigenvalue weighted by atomic mass is 19.2. The van der Waals surface area contributed by atoms with Crippen LogP contribution in [0, 0.1) is 29.1 Å². The zero-order valence-electron chi connectivity index (χ0n) is 21.4. The van der Waals surface area contributed by atoms with Crippen LogP contribution in [0.15, 0.2) is 0 Å². The van der Waals surface area contributed by atoms with Crippen LogP contribution in [-0.2, 0) is 42.7 Å². The van der Waals surface area contributed by atoms with Crippen molar-refractivity contribution in [3.63, 3.8) is 0 Å². The highest BCUT2D eigenvalue weighted by Crippen LogP contribution is 2.29. The molecule has 10 nitrogen and oxygen atoms in total. The van der Waals surface area contributed by atoms with Crippen molar-refractivity contribution in [3.05, 3.63) is 29.1 Å². The van der Waals surface area contributed by atoms with Gasteiger partial charge in [0.25, 0.3) is 0 Å². The molecule has 0 bridgehead atoms. The van der Waals surface area contributed by atoms with Gasteiger partial charge in [-0.05, 0) is 0 Å². The maximum Gasteiger partial charge on any atom is 0.313 e. The summed E-state index contributed by atoms with van der Waals surface area (Å²) in [6, 6.07) is 0. The van der Waals surface area contributed by atoms with E-state index in [0.29, 0.717) is 72.5 Å². The maximum absolute atomic E-state index is 13.5. The van der Waals surface area contributed by atoms with Crippen molar-refractivity contribution in [2.75, 3.05) is 92.5 Å². The lowest BCUT2D eigenvalue weighted by Gasteiger charge is -2.09. The van der Waals surface area contributed by atoms with E-state index in [9.17, 15) is 31.5 Å². The monoisotopic (exact) mass is 576 g/mol. The standard InChI is InChI=1S/C24H33F5O10/c25-19-20(26)22(28)24(23(29)21(19)27)39-18(31)2-5-33-7-9-35-11-13-37-15-17-38-16-14-36-12-10-34-8-6-32-4-1-3-30/h3H,1-2,4-17H2. The smallest absolute Gasteiger partial charge is 0.313 e. The molecule has 0 heterocycles. The fourth-order valence-electron chi connectivity index (χ4n) is 2.55. The molecule has 0 aromatic heterocycles. The van der Waals surface area contributed by atoms with Crippen molar-refractivity contribution in [2.45, 2.75) is 12.8 Å². The van der Waals surface area contributed by atoms with E-state index in [4.69, 9.17) is 33.2 Å². The van der Waals surface area contributed by atoms with Gasteiger partial charge in [0, 0.05) is 6.42 Å². The molecule has 0 fully saturated rings. The van der Waals surface area contributed by atoms with Gasteiger partial charge in [-0.1, -0.05) is 0 Å². The first kappa shape index (κ1) is 34.8. The number of hydrogen-bond acceptors (Lipinski definition) is 10. The van der Waals surface area contributed by atoms with Gasteiger partial charge in [0.2, 0.25) is 34.8 Å². The lowest BCUT2D eigenvalue weighted by atomic mass is 10.2. The molecule has 0 radical (unpaired) electrons. The quantitative estimate of drug-likeness (QED) is 0.0328. The average molecular weight is 577 g/mol. The molecule has 0 aliphatic carbocycles. The van der Waals surface area contributed by atoms with E-state index in [-0.39, 0.29) is 26.4 Å². The van der Waals surface area contributed by atoms with E-state index in [1.54, 1.807) is 0 Å². The van der Waals surface area contributed by atoms with Gasteiger partial charge in [-0.15, -0.1) is 0 Å². The molecular weight excluding hydrogens is 543 g/mol. The minimum absolute atomic E-state index is 0.0825. The van der Waals surface area contributed by atoms with E-state index in [1.807, 2.05) is 0 Å². The first-order valence-electron chi connectivity index (χ1n) is 12.1. The van der Waals surface area contributed by atoms with E-state index in [2.05, 4.69) is 4.74 Å². The lowest BCUT2D eigenvalue weighted by molar-refractivity contribution is -0.136. The summed E-state index contributed by atoms with van der Waals surface area (Å²) in [6.07, 6.45) is 0.687. The molecule has 1 aromatic rings. The first-order chi connectivity index (χ1) is 18.9. The molecule has 224 valence electrons. The number of carbonyl (C=O) groups is 2. The Kier molecular flexibility index (Phi) is 20.1. The molecule has 1 aromatic carbocycles. The Labute approximate surface area is 222 Å². The molecule has 0 spiro atoms. The minimum Gasteiger partial charge on any atom is -0.420 e. The second-order valence-corrected chi connectivity index (χ2v) is 7.37. The van der Waals surface area contributed by atoms with Crippen LogP contribution in [0.2, 0.25) is 0 Å². The number of rotatable bonds is 25. The Morgan fingerprint density at radius 3 is 1.15 bits per heavy atom. The average Bonchev–Trinajstić information content (AvgIpc) is 2.93. The third-order valence-corrected chi connectivity index (χ3v) is 4.45.